The van der Waals surface area contributed by atoms with Gasteiger partial charge < -0.3 is 5.73 Å². The van der Waals surface area contributed by atoms with Crippen molar-refractivity contribution in [3.05, 3.63) is 51.9 Å². The topological polar surface area (TPSA) is 100.0 Å². The van der Waals surface area contributed by atoms with Crippen LogP contribution in [0.2, 0.25) is 0 Å². The highest BCUT2D eigenvalue weighted by Gasteiger charge is 2.16. The van der Waals surface area contributed by atoms with Crippen molar-refractivity contribution in [2.75, 3.05) is 5.73 Å². The van der Waals surface area contributed by atoms with Gasteiger partial charge in [-0.15, -0.1) is 0 Å². The second kappa shape index (κ2) is 4.80. The summed E-state index contributed by atoms with van der Waals surface area (Å²) in [4.78, 5) is 17.0. The zero-order chi connectivity index (χ0) is 15.0. The quantitative estimate of drug-likeness (QED) is 0.697. The maximum Gasteiger partial charge on any atom is 0.276 e. The number of nitriles is 1. The summed E-state index contributed by atoms with van der Waals surface area (Å²) in [6.07, 6.45) is 2.02. The average Bonchev–Trinajstić information content (AvgIpc) is 2.90. The number of H-pyrrole nitrogens is 1. The van der Waals surface area contributed by atoms with E-state index in [1.54, 1.807) is 12.1 Å². The van der Waals surface area contributed by atoms with Crippen molar-refractivity contribution in [2.45, 2.75) is 13.3 Å². The molecule has 3 rings (SSSR count). The lowest BCUT2D eigenvalue weighted by atomic mass is 10.0. The van der Waals surface area contributed by atoms with Crippen molar-refractivity contribution in [3.8, 4) is 17.3 Å². The number of nitrogens with two attached hydrogens (primary N) is 1. The normalized spacial score (nSPS) is 10.7. The van der Waals surface area contributed by atoms with Gasteiger partial charge in [-0.25, -0.2) is 9.50 Å². The lowest BCUT2D eigenvalue weighted by Gasteiger charge is -2.08. The number of aromatic nitrogens is 3. The van der Waals surface area contributed by atoms with Crippen LogP contribution in [0.4, 0.5) is 5.69 Å². The highest BCUT2D eigenvalue weighted by molar-refractivity contribution is 5.70. The summed E-state index contributed by atoms with van der Waals surface area (Å²) in [5, 5.41) is 11.9. The molecule has 0 amide bonds. The van der Waals surface area contributed by atoms with E-state index in [4.69, 9.17) is 11.0 Å². The Labute approximate surface area is 120 Å². The predicted octanol–water partition coefficient (Wildman–Crippen LogP) is 1.71. The number of fused-ring (bicyclic) bond motifs is 1. The van der Waals surface area contributed by atoms with Gasteiger partial charge in [0.15, 0.2) is 5.65 Å². The Bertz CT molecular complexity index is 929. The average molecular weight is 279 g/mol. The van der Waals surface area contributed by atoms with Gasteiger partial charge in [-0.2, -0.15) is 5.26 Å². The molecule has 21 heavy (non-hydrogen) atoms. The molecule has 2 aromatic heterocycles. The Balaban J connectivity index is 2.41. The molecule has 0 radical (unpaired) electrons. The zero-order valence-corrected chi connectivity index (χ0v) is 11.4. The van der Waals surface area contributed by atoms with Gasteiger partial charge in [-0.3, -0.25) is 9.89 Å². The van der Waals surface area contributed by atoms with Crippen LogP contribution in [0.5, 0.6) is 0 Å². The maximum absolute atomic E-state index is 12.5. The molecule has 3 N–H and O–H groups in total. The third-order valence-electron chi connectivity index (χ3n) is 3.39. The Morgan fingerprint density at radius 3 is 2.95 bits per heavy atom. The van der Waals surface area contributed by atoms with E-state index in [1.807, 2.05) is 25.1 Å². The van der Waals surface area contributed by atoms with Crippen LogP contribution in [-0.2, 0) is 6.42 Å². The first-order valence-corrected chi connectivity index (χ1v) is 6.54. The molecule has 2 heterocycles. The van der Waals surface area contributed by atoms with E-state index in [0.29, 0.717) is 34.6 Å². The van der Waals surface area contributed by atoms with Crippen molar-refractivity contribution in [2.24, 2.45) is 0 Å². The number of hydrogen-bond acceptors (Lipinski definition) is 4. The Morgan fingerprint density at radius 2 is 2.29 bits per heavy atom. The van der Waals surface area contributed by atoms with Gasteiger partial charge >= 0.3 is 0 Å². The fraction of sp³-hybridized carbons (Fsp3) is 0.133. The molecular formula is C15H13N5O. The van der Waals surface area contributed by atoms with Crippen LogP contribution in [0.1, 0.15) is 18.1 Å². The molecule has 0 atom stereocenters. The van der Waals surface area contributed by atoms with Crippen LogP contribution < -0.4 is 11.3 Å². The zero-order valence-electron chi connectivity index (χ0n) is 11.4. The Hall–Kier alpha value is -3.07. The second-order valence-electron chi connectivity index (χ2n) is 4.68. The molecule has 0 aliphatic carbocycles. The molecule has 0 unspecified atom stereocenters. The van der Waals surface area contributed by atoms with E-state index >= 15 is 0 Å². The second-order valence-corrected chi connectivity index (χ2v) is 4.68. The third kappa shape index (κ3) is 1.96. The van der Waals surface area contributed by atoms with E-state index in [-0.39, 0.29) is 5.56 Å². The minimum absolute atomic E-state index is 0.193. The molecule has 3 aromatic rings. The number of rotatable bonds is 2. The van der Waals surface area contributed by atoms with Crippen molar-refractivity contribution in [3.63, 3.8) is 0 Å². The molecule has 0 saturated heterocycles. The lowest BCUT2D eigenvalue weighted by Crippen LogP contribution is -2.21. The number of nitrogens with zero attached hydrogens (tertiary/aromatic N) is 3. The molecule has 6 nitrogen and oxygen atoms in total. The highest BCUT2D eigenvalue weighted by atomic mass is 16.1. The fourth-order valence-corrected chi connectivity index (χ4v) is 2.38. The van der Waals surface area contributed by atoms with E-state index in [0.717, 1.165) is 5.56 Å². The van der Waals surface area contributed by atoms with Crippen LogP contribution in [-0.4, -0.2) is 14.6 Å². The minimum Gasteiger partial charge on any atom is -0.399 e. The fourth-order valence-electron chi connectivity index (χ4n) is 2.38. The Kier molecular flexibility index (Phi) is 2.95. The van der Waals surface area contributed by atoms with Crippen LogP contribution >= 0.6 is 0 Å². The molecule has 6 heteroatoms. The first-order chi connectivity index (χ1) is 10.2. The first-order valence-electron chi connectivity index (χ1n) is 6.54. The predicted molar refractivity (Wildman–Crippen MR) is 79.8 cm³/mol. The molecule has 0 saturated carbocycles. The van der Waals surface area contributed by atoms with Crippen LogP contribution in [0.3, 0.4) is 0 Å². The highest BCUT2D eigenvalue weighted by Crippen LogP contribution is 2.23. The number of aromatic amines is 1. The van der Waals surface area contributed by atoms with Gasteiger partial charge in [0, 0.05) is 23.0 Å². The number of hydrogen-bond donors (Lipinski definition) is 2. The van der Waals surface area contributed by atoms with Crippen molar-refractivity contribution in [1.82, 2.24) is 14.6 Å². The largest absolute Gasteiger partial charge is 0.399 e. The number of anilines is 1. The summed E-state index contributed by atoms with van der Waals surface area (Å²) in [5.41, 5.74) is 8.82. The van der Waals surface area contributed by atoms with Crippen LogP contribution in [0, 0.1) is 11.3 Å². The van der Waals surface area contributed by atoms with Crippen LogP contribution in [0.15, 0.2) is 35.3 Å². The summed E-state index contributed by atoms with van der Waals surface area (Å²) in [7, 11) is 0. The minimum atomic E-state index is -0.193. The number of nitrogen functional groups attached to an aromatic ring is 1. The maximum atomic E-state index is 12.5. The molecule has 0 aliphatic rings. The van der Waals surface area contributed by atoms with E-state index in [9.17, 15) is 4.79 Å². The van der Waals surface area contributed by atoms with E-state index < -0.39 is 0 Å². The van der Waals surface area contributed by atoms with Gasteiger partial charge in [-0.05, 0) is 18.6 Å². The van der Waals surface area contributed by atoms with Crippen LogP contribution in [0.25, 0.3) is 16.9 Å². The molecule has 0 fully saturated rings. The molecule has 104 valence electrons. The van der Waals surface area contributed by atoms with Gasteiger partial charge in [-0.1, -0.05) is 19.1 Å². The molecular weight excluding hydrogens is 266 g/mol. The van der Waals surface area contributed by atoms with Gasteiger partial charge in [0.1, 0.15) is 11.6 Å². The van der Waals surface area contributed by atoms with Crippen molar-refractivity contribution >= 4 is 11.3 Å². The monoisotopic (exact) mass is 279 g/mol. The summed E-state index contributed by atoms with van der Waals surface area (Å²) in [6, 6.07) is 9.24. The number of benzene rings is 1. The lowest BCUT2D eigenvalue weighted by molar-refractivity contribution is 0.870. The standard InChI is InChI=1S/C15H13N5O/c1-2-12-13(9-4-3-5-11(17)6-9)19-14-10(7-16)8-18-20(14)15(12)21/h3-6,8,18H,2,17H2,1H3. The van der Waals surface area contributed by atoms with E-state index in [1.165, 1.54) is 10.7 Å². The van der Waals surface area contributed by atoms with Crippen molar-refractivity contribution in [1.29, 1.82) is 5.26 Å². The first kappa shape index (κ1) is 12.9. The van der Waals surface area contributed by atoms with E-state index in [2.05, 4.69) is 10.1 Å². The third-order valence-corrected chi connectivity index (χ3v) is 3.39. The summed E-state index contributed by atoms with van der Waals surface area (Å²) in [6.45, 7) is 1.90. The summed E-state index contributed by atoms with van der Waals surface area (Å²) >= 11 is 0. The summed E-state index contributed by atoms with van der Waals surface area (Å²) in [5.74, 6) is 0. The molecule has 0 bridgehead atoms. The van der Waals surface area contributed by atoms with Gasteiger partial charge in [0.2, 0.25) is 0 Å². The summed E-state index contributed by atoms with van der Waals surface area (Å²) < 4.78 is 1.30. The number of nitrogens with one attached hydrogen (secondary N) is 1. The van der Waals surface area contributed by atoms with Gasteiger partial charge in [0.25, 0.3) is 5.56 Å². The molecule has 0 spiro atoms. The SMILES string of the molecule is CCc1c(-c2cccc(N)c2)nc2c(C#N)c[nH]n2c1=O. The van der Waals surface area contributed by atoms with Crippen molar-refractivity contribution < 1.29 is 0 Å². The molecule has 0 aliphatic heterocycles. The molecule has 1 aromatic carbocycles. The van der Waals surface area contributed by atoms with Gasteiger partial charge in [0.05, 0.1) is 5.69 Å². The Morgan fingerprint density at radius 1 is 1.48 bits per heavy atom. The smallest absolute Gasteiger partial charge is 0.276 e.